The first-order valence-corrected chi connectivity index (χ1v) is 5.92. The number of halogens is 1. The summed E-state index contributed by atoms with van der Waals surface area (Å²) < 4.78 is 5.60. The highest BCUT2D eigenvalue weighted by Crippen LogP contribution is 2.31. The third kappa shape index (κ3) is 2.98. The maximum atomic E-state index is 10.8. The van der Waals surface area contributed by atoms with Crippen LogP contribution in [-0.2, 0) is 0 Å². The van der Waals surface area contributed by atoms with Crippen molar-refractivity contribution in [3.63, 3.8) is 0 Å². The minimum atomic E-state index is -1.07. The van der Waals surface area contributed by atoms with E-state index in [0.29, 0.717) is 16.5 Å². The van der Waals surface area contributed by atoms with Gasteiger partial charge in [0.15, 0.2) is 0 Å². The number of hydrogen-bond donors (Lipinski definition) is 2. The molecule has 5 heteroatoms. The second kappa shape index (κ2) is 5.20. The van der Waals surface area contributed by atoms with Gasteiger partial charge in [0.1, 0.15) is 11.5 Å². The van der Waals surface area contributed by atoms with Crippen LogP contribution in [0.2, 0.25) is 5.02 Å². The normalized spacial score (nSPS) is 10.2. The number of carboxylic acid groups (broad SMARTS) is 1. The van der Waals surface area contributed by atoms with Gasteiger partial charge in [-0.3, -0.25) is 0 Å². The number of rotatable bonds is 3. The Balaban J connectivity index is 2.31. The second-order valence-corrected chi connectivity index (χ2v) is 4.50. The molecule has 0 bridgehead atoms. The van der Waals surface area contributed by atoms with Crippen molar-refractivity contribution in [3.05, 3.63) is 52.5 Å². The van der Waals surface area contributed by atoms with Crippen LogP contribution in [0.5, 0.6) is 11.5 Å². The molecule has 0 saturated heterocycles. The number of anilines is 1. The van der Waals surface area contributed by atoms with Crippen molar-refractivity contribution in [2.45, 2.75) is 6.92 Å². The van der Waals surface area contributed by atoms with Crippen LogP contribution in [0.25, 0.3) is 0 Å². The summed E-state index contributed by atoms with van der Waals surface area (Å²) in [6, 6.07) is 9.80. The molecule has 0 aliphatic rings. The molecule has 0 heterocycles. The summed E-state index contributed by atoms with van der Waals surface area (Å²) in [5.74, 6) is -0.128. The second-order valence-electron chi connectivity index (χ2n) is 4.09. The maximum absolute atomic E-state index is 10.8. The molecule has 19 heavy (non-hydrogen) atoms. The summed E-state index contributed by atoms with van der Waals surface area (Å²) in [4.78, 5) is 10.8. The lowest BCUT2D eigenvalue weighted by molar-refractivity contribution is 0.0698. The van der Waals surface area contributed by atoms with Crippen LogP contribution in [0, 0.1) is 6.92 Å². The average Bonchev–Trinajstić information content (AvgIpc) is 2.33. The van der Waals surface area contributed by atoms with Crippen molar-refractivity contribution in [3.8, 4) is 11.5 Å². The van der Waals surface area contributed by atoms with Gasteiger partial charge in [0.2, 0.25) is 0 Å². The fraction of sp³-hybridized carbons (Fsp3) is 0.0714. The molecule has 0 spiro atoms. The molecule has 0 amide bonds. The number of hydrogen-bond acceptors (Lipinski definition) is 3. The molecule has 2 aromatic carbocycles. The number of nitrogen functional groups attached to an aromatic ring is 1. The molecule has 0 atom stereocenters. The number of ether oxygens (including phenoxy) is 1. The van der Waals surface area contributed by atoms with Gasteiger partial charge in [0.25, 0.3) is 0 Å². The van der Waals surface area contributed by atoms with Gasteiger partial charge < -0.3 is 15.6 Å². The number of aromatic carboxylic acids is 1. The summed E-state index contributed by atoms with van der Waals surface area (Å²) in [7, 11) is 0. The summed E-state index contributed by atoms with van der Waals surface area (Å²) in [5, 5.41) is 9.36. The Morgan fingerprint density at radius 2 is 2.00 bits per heavy atom. The highest BCUT2D eigenvalue weighted by atomic mass is 35.5. The van der Waals surface area contributed by atoms with Crippen molar-refractivity contribution >= 4 is 23.3 Å². The van der Waals surface area contributed by atoms with E-state index in [1.54, 1.807) is 18.2 Å². The fourth-order valence-corrected chi connectivity index (χ4v) is 1.77. The summed E-state index contributed by atoms with van der Waals surface area (Å²) in [6.45, 7) is 1.92. The molecule has 2 aromatic rings. The quantitative estimate of drug-likeness (QED) is 0.839. The van der Waals surface area contributed by atoms with Gasteiger partial charge >= 0.3 is 5.97 Å². The van der Waals surface area contributed by atoms with Gasteiger partial charge in [-0.15, -0.1) is 0 Å². The third-order valence-electron chi connectivity index (χ3n) is 2.57. The Labute approximate surface area is 115 Å². The van der Waals surface area contributed by atoms with Crippen LogP contribution < -0.4 is 10.5 Å². The summed E-state index contributed by atoms with van der Waals surface area (Å²) in [5.41, 5.74) is 6.85. The first kappa shape index (κ1) is 13.2. The minimum absolute atomic E-state index is 0.0442. The minimum Gasteiger partial charge on any atom is -0.478 e. The van der Waals surface area contributed by atoms with Crippen LogP contribution in [0.1, 0.15) is 15.9 Å². The lowest BCUT2D eigenvalue weighted by atomic mass is 10.2. The van der Waals surface area contributed by atoms with Crippen LogP contribution in [0.15, 0.2) is 36.4 Å². The van der Waals surface area contributed by atoms with Crippen molar-refractivity contribution < 1.29 is 14.6 Å². The third-order valence-corrected chi connectivity index (χ3v) is 2.88. The largest absolute Gasteiger partial charge is 0.478 e. The van der Waals surface area contributed by atoms with E-state index >= 15 is 0 Å². The highest BCUT2D eigenvalue weighted by molar-refractivity contribution is 6.32. The molecule has 98 valence electrons. The van der Waals surface area contributed by atoms with Crippen molar-refractivity contribution in [1.29, 1.82) is 0 Å². The van der Waals surface area contributed by atoms with Crippen molar-refractivity contribution in [2.24, 2.45) is 0 Å². The molecule has 0 fully saturated rings. The zero-order valence-electron chi connectivity index (χ0n) is 10.2. The Morgan fingerprint density at radius 3 is 2.63 bits per heavy atom. The number of aryl methyl sites for hydroxylation is 1. The molecule has 2 rings (SSSR count). The standard InChI is InChI=1S/C14H12ClNO3/c1-8-2-5-11(15)13(6-8)19-9-3-4-10(14(17)18)12(16)7-9/h2-7H,16H2,1H3,(H,17,18). The summed E-state index contributed by atoms with van der Waals surface area (Å²) >= 11 is 6.02. The highest BCUT2D eigenvalue weighted by Gasteiger charge is 2.10. The van der Waals surface area contributed by atoms with E-state index in [9.17, 15) is 4.79 Å². The van der Waals surface area contributed by atoms with Crippen molar-refractivity contribution in [2.75, 3.05) is 5.73 Å². The molecule has 0 aliphatic heterocycles. The zero-order chi connectivity index (χ0) is 14.0. The lowest BCUT2D eigenvalue weighted by Crippen LogP contribution is -2.02. The van der Waals surface area contributed by atoms with E-state index < -0.39 is 5.97 Å². The number of carbonyl (C=O) groups is 1. The van der Waals surface area contributed by atoms with Crippen LogP contribution >= 0.6 is 11.6 Å². The molecular formula is C14H12ClNO3. The average molecular weight is 278 g/mol. The van der Waals surface area contributed by atoms with E-state index in [2.05, 4.69) is 0 Å². The van der Waals surface area contributed by atoms with Gasteiger partial charge in [-0.2, -0.15) is 0 Å². The maximum Gasteiger partial charge on any atom is 0.337 e. The smallest absolute Gasteiger partial charge is 0.337 e. The predicted molar refractivity (Wildman–Crippen MR) is 74.1 cm³/mol. The van der Waals surface area contributed by atoms with Crippen LogP contribution in [-0.4, -0.2) is 11.1 Å². The van der Waals surface area contributed by atoms with Gasteiger partial charge in [-0.25, -0.2) is 4.79 Å². The van der Waals surface area contributed by atoms with E-state index in [0.717, 1.165) is 5.56 Å². The zero-order valence-corrected chi connectivity index (χ0v) is 10.9. The van der Waals surface area contributed by atoms with E-state index in [1.807, 2.05) is 13.0 Å². The van der Waals surface area contributed by atoms with E-state index in [4.69, 9.17) is 27.2 Å². The Morgan fingerprint density at radius 1 is 1.26 bits per heavy atom. The fourth-order valence-electron chi connectivity index (χ4n) is 1.61. The molecule has 0 aliphatic carbocycles. The molecule has 4 nitrogen and oxygen atoms in total. The Kier molecular flexibility index (Phi) is 3.62. The van der Waals surface area contributed by atoms with Crippen molar-refractivity contribution in [1.82, 2.24) is 0 Å². The molecular weight excluding hydrogens is 266 g/mol. The number of benzene rings is 2. The van der Waals surface area contributed by atoms with E-state index in [-0.39, 0.29) is 11.3 Å². The Hall–Kier alpha value is -2.20. The molecule has 3 N–H and O–H groups in total. The first-order valence-electron chi connectivity index (χ1n) is 5.54. The monoisotopic (exact) mass is 277 g/mol. The molecule has 0 saturated carbocycles. The van der Waals surface area contributed by atoms with Gasteiger partial charge in [0, 0.05) is 11.8 Å². The summed E-state index contributed by atoms with van der Waals surface area (Å²) in [6.07, 6.45) is 0. The van der Waals surface area contributed by atoms with E-state index in [1.165, 1.54) is 12.1 Å². The lowest BCUT2D eigenvalue weighted by Gasteiger charge is -2.10. The topological polar surface area (TPSA) is 72.5 Å². The molecule has 0 aromatic heterocycles. The molecule has 0 radical (unpaired) electrons. The van der Waals surface area contributed by atoms with Gasteiger partial charge in [0.05, 0.1) is 10.6 Å². The predicted octanol–water partition coefficient (Wildman–Crippen LogP) is 3.72. The van der Waals surface area contributed by atoms with Crippen LogP contribution in [0.3, 0.4) is 0 Å². The number of carboxylic acids is 1. The SMILES string of the molecule is Cc1ccc(Cl)c(Oc2ccc(C(=O)O)c(N)c2)c1. The Bertz CT molecular complexity index is 641. The van der Waals surface area contributed by atoms with Gasteiger partial charge in [-0.05, 0) is 36.8 Å². The van der Waals surface area contributed by atoms with Crippen LogP contribution in [0.4, 0.5) is 5.69 Å². The first-order chi connectivity index (χ1) is 8.97. The van der Waals surface area contributed by atoms with Gasteiger partial charge in [-0.1, -0.05) is 17.7 Å². The molecule has 0 unspecified atom stereocenters. The number of nitrogens with two attached hydrogens (primary N) is 1.